The highest BCUT2D eigenvalue weighted by Crippen LogP contribution is 2.32. The van der Waals surface area contributed by atoms with Crippen molar-refractivity contribution < 1.29 is 4.79 Å². The van der Waals surface area contributed by atoms with Crippen molar-refractivity contribution in [3.63, 3.8) is 0 Å². The van der Waals surface area contributed by atoms with Gasteiger partial charge in [-0.1, -0.05) is 42.0 Å². The molecule has 0 atom stereocenters. The van der Waals surface area contributed by atoms with Crippen LogP contribution in [0.15, 0.2) is 71.8 Å². The summed E-state index contributed by atoms with van der Waals surface area (Å²) in [5.74, 6) is 0.854. The third kappa shape index (κ3) is 4.61. The van der Waals surface area contributed by atoms with E-state index in [1.165, 1.54) is 11.3 Å². The number of benzene rings is 2. The van der Waals surface area contributed by atoms with E-state index < -0.39 is 0 Å². The van der Waals surface area contributed by atoms with E-state index in [9.17, 15) is 4.79 Å². The van der Waals surface area contributed by atoms with E-state index in [2.05, 4.69) is 16.9 Å². The summed E-state index contributed by atoms with van der Waals surface area (Å²) in [7, 11) is 0. The first-order chi connectivity index (χ1) is 14.1. The third-order valence-corrected chi connectivity index (χ3v) is 6.41. The number of thioether (sulfide) groups is 1. The minimum absolute atomic E-state index is 0.0978. The van der Waals surface area contributed by atoms with Gasteiger partial charge in [0.05, 0.1) is 22.5 Å². The lowest BCUT2D eigenvalue weighted by Gasteiger charge is -2.20. The molecule has 0 aliphatic carbocycles. The van der Waals surface area contributed by atoms with Gasteiger partial charge in [0.15, 0.2) is 5.13 Å². The second kappa shape index (κ2) is 8.95. The Labute approximate surface area is 182 Å². The van der Waals surface area contributed by atoms with Crippen LogP contribution in [0.4, 0.5) is 5.13 Å². The van der Waals surface area contributed by atoms with Crippen molar-refractivity contribution in [3.8, 4) is 0 Å². The van der Waals surface area contributed by atoms with Gasteiger partial charge in [-0.2, -0.15) is 0 Å². The number of anilines is 1. The summed E-state index contributed by atoms with van der Waals surface area (Å²) >= 11 is 9.29. The third-order valence-electron chi connectivity index (χ3n) is 4.25. The SMILES string of the molecule is CCSc1cccc(C(=O)N(Cc2ccccn2)c2nc3ccc(Cl)cc3s2)c1. The second-order valence-corrected chi connectivity index (χ2v) is 9.06. The van der Waals surface area contributed by atoms with Gasteiger partial charge in [-0.25, -0.2) is 4.98 Å². The van der Waals surface area contributed by atoms with Gasteiger partial charge in [-0.15, -0.1) is 11.8 Å². The highest BCUT2D eigenvalue weighted by molar-refractivity contribution is 7.99. The quantitative estimate of drug-likeness (QED) is 0.330. The molecule has 4 nitrogen and oxygen atoms in total. The van der Waals surface area contributed by atoms with Crippen LogP contribution < -0.4 is 4.90 Å². The maximum absolute atomic E-state index is 13.5. The molecule has 0 saturated carbocycles. The summed E-state index contributed by atoms with van der Waals surface area (Å²) < 4.78 is 0.946. The number of pyridine rings is 1. The van der Waals surface area contributed by atoms with Crippen molar-refractivity contribution in [2.75, 3.05) is 10.7 Å². The van der Waals surface area contributed by atoms with Crippen molar-refractivity contribution in [1.29, 1.82) is 0 Å². The lowest BCUT2D eigenvalue weighted by atomic mass is 10.2. The maximum Gasteiger partial charge on any atom is 0.260 e. The summed E-state index contributed by atoms with van der Waals surface area (Å²) in [6, 6.07) is 19.0. The first kappa shape index (κ1) is 19.9. The topological polar surface area (TPSA) is 46.1 Å². The van der Waals surface area contributed by atoms with Crippen LogP contribution in [0.5, 0.6) is 0 Å². The van der Waals surface area contributed by atoms with Crippen molar-refractivity contribution >= 4 is 56.0 Å². The predicted octanol–water partition coefficient (Wildman–Crippen LogP) is 6.30. The van der Waals surface area contributed by atoms with Crippen molar-refractivity contribution in [3.05, 3.63) is 83.1 Å². The average Bonchev–Trinajstić information content (AvgIpc) is 3.15. The van der Waals surface area contributed by atoms with E-state index >= 15 is 0 Å². The normalized spacial score (nSPS) is 11.0. The Bertz CT molecular complexity index is 1150. The van der Waals surface area contributed by atoms with Gasteiger partial charge in [0.2, 0.25) is 0 Å². The number of thiazole rings is 1. The van der Waals surface area contributed by atoms with E-state index in [4.69, 9.17) is 11.6 Å². The van der Waals surface area contributed by atoms with Crippen molar-refractivity contribution in [1.82, 2.24) is 9.97 Å². The van der Waals surface area contributed by atoms with Gasteiger partial charge >= 0.3 is 0 Å². The van der Waals surface area contributed by atoms with Crippen LogP contribution in [0.1, 0.15) is 23.0 Å². The fourth-order valence-electron chi connectivity index (χ4n) is 2.92. The molecule has 0 fully saturated rings. The average molecular weight is 440 g/mol. The molecule has 4 aromatic rings. The van der Waals surface area contributed by atoms with E-state index in [1.54, 1.807) is 22.9 Å². The van der Waals surface area contributed by atoms with E-state index in [0.717, 1.165) is 26.6 Å². The first-order valence-corrected chi connectivity index (χ1v) is 11.3. The maximum atomic E-state index is 13.5. The molecule has 146 valence electrons. The van der Waals surface area contributed by atoms with Gasteiger partial charge in [0.1, 0.15) is 0 Å². The fourth-order valence-corrected chi connectivity index (χ4v) is 4.88. The highest BCUT2D eigenvalue weighted by atomic mass is 35.5. The molecular weight excluding hydrogens is 422 g/mol. The van der Waals surface area contributed by atoms with Gasteiger partial charge < -0.3 is 0 Å². The predicted molar refractivity (Wildman–Crippen MR) is 122 cm³/mol. The Morgan fingerprint density at radius 2 is 2.03 bits per heavy atom. The molecule has 0 saturated heterocycles. The molecule has 0 spiro atoms. The number of rotatable bonds is 6. The van der Waals surface area contributed by atoms with Crippen LogP contribution in [0.2, 0.25) is 5.02 Å². The molecule has 0 radical (unpaired) electrons. The summed E-state index contributed by atoms with van der Waals surface area (Å²) in [5, 5.41) is 1.28. The number of carbonyl (C=O) groups is 1. The highest BCUT2D eigenvalue weighted by Gasteiger charge is 2.22. The molecular formula is C22H18ClN3OS2. The van der Waals surface area contributed by atoms with Gasteiger partial charge in [-0.05, 0) is 54.3 Å². The lowest BCUT2D eigenvalue weighted by Crippen LogP contribution is -2.30. The Morgan fingerprint density at radius 1 is 1.14 bits per heavy atom. The number of fused-ring (bicyclic) bond motifs is 1. The number of hydrogen-bond donors (Lipinski definition) is 0. The molecule has 2 aromatic carbocycles. The Kier molecular flexibility index (Phi) is 6.13. The molecule has 0 N–H and O–H groups in total. The number of carbonyl (C=O) groups excluding carboxylic acids is 1. The van der Waals surface area contributed by atoms with Gasteiger partial charge in [0, 0.05) is 21.7 Å². The second-order valence-electron chi connectivity index (χ2n) is 6.28. The number of halogens is 1. The minimum atomic E-state index is -0.0978. The summed E-state index contributed by atoms with van der Waals surface area (Å²) in [6.45, 7) is 2.44. The molecule has 0 aliphatic rings. The van der Waals surface area contributed by atoms with Crippen LogP contribution in [-0.2, 0) is 6.54 Å². The van der Waals surface area contributed by atoms with Crippen LogP contribution >= 0.6 is 34.7 Å². The number of aromatic nitrogens is 2. The van der Waals surface area contributed by atoms with Gasteiger partial charge in [0.25, 0.3) is 5.91 Å². The molecule has 4 rings (SSSR count). The van der Waals surface area contributed by atoms with E-state index in [1.807, 2.05) is 60.7 Å². The Morgan fingerprint density at radius 3 is 2.83 bits per heavy atom. The number of amides is 1. The molecule has 0 unspecified atom stereocenters. The van der Waals surface area contributed by atoms with Crippen LogP contribution in [0, 0.1) is 0 Å². The standard InChI is InChI=1S/C22H18ClN3OS2/c1-2-28-18-8-5-6-15(12-18)21(27)26(14-17-7-3-4-11-24-17)22-25-19-10-9-16(23)13-20(19)29-22/h3-13H,2,14H2,1H3. The monoisotopic (exact) mass is 439 g/mol. The number of nitrogens with zero attached hydrogens (tertiary/aromatic N) is 3. The Balaban J connectivity index is 1.74. The molecule has 0 bridgehead atoms. The zero-order chi connectivity index (χ0) is 20.2. The molecule has 29 heavy (non-hydrogen) atoms. The van der Waals surface area contributed by atoms with Gasteiger partial charge in [-0.3, -0.25) is 14.7 Å². The summed E-state index contributed by atoms with van der Waals surface area (Å²) in [4.78, 5) is 25.3. The fraction of sp³-hybridized carbons (Fsp3) is 0.136. The molecule has 2 aromatic heterocycles. The molecule has 2 heterocycles. The number of hydrogen-bond acceptors (Lipinski definition) is 5. The Hall–Kier alpha value is -2.41. The van der Waals surface area contributed by atoms with Crippen LogP contribution in [0.25, 0.3) is 10.2 Å². The molecule has 1 amide bonds. The van der Waals surface area contributed by atoms with Crippen LogP contribution in [0.3, 0.4) is 0 Å². The zero-order valence-electron chi connectivity index (χ0n) is 15.7. The molecule has 0 aliphatic heterocycles. The van der Waals surface area contributed by atoms with Crippen molar-refractivity contribution in [2.24, 2.45) is 0 Å². The first-order valence-electron chi connectivity index (χ1n) is 9.15. The van der Waals surface area contributed by atoms with Crippen LogP contribution in [-0.4, -0.2) is 21.6 Å². The molecule has 7 heteroatoms. The largest absolute Gasteiger partial charge is 0.278 e. The minimum Gasteiger partial charge on any atom is -0.278 e. The van der Waals surface area contributed by atoms with Crippen molar-refractivity contribution in [2.45, 2.75) is 18.4 Å². The van der Waals surface area contributed by atoms with E-state index in [0.29, 0.717) is 22.3 Å². The zero-order valence-corrected chi connectivity index (χ0v) is 18.1. The summed E-state index contributed by atoms with van der Waals surface area (Å²) in [5.41, 5.74) is 2.26. The smallest absolute Gasteiger partial charge is 0.260 e. The van der Waals surface area contributed by atoms with E-state index in [-0.39, 0.29) is 5.91 Å². The lowest BCUT2D eigenvalue weighted by molar-refractivity contribution is 0.0984. The summed E-state index contributed by atoms with van der Waals surface area (Å²) in [6.07, 6.45) is 1.73.